The van der Waals surface area contributed by atoms with Crippen molar-refractivity contribution in [3.05, 3.63) is 47.3 Å². The van der Waals surface area contributed by atoms with Gasteiger partial charge >= 0.3 is 0 Å². The van der Waals surface area contributed by atoms with Crippen LogP contribution in [0.4, 0.5) is 5.69 Å². The van der Waals surface area contributed by atoms with Gasteiger partial charge in [-0.15, -0.1) is 0 Å². The van der Waals surface area contributed by atoms with Crippen LogP contribution in [0.2, 0.25) is 0 Å². The molecule has 5 heteroatoms. The predicted octanol–water partition coefficient (Wildman–Crippen LogP) is 2.25. The molecule has 0 saturated carbocycles. The van der Waals surface area contributed by atoms with Crippen LogP contribution >= 0.6 is 0 Å². The minimum Gasteiger partial charge on any atom is -0.482 e. The van der Waals surface area contributed by atoms with E-state index in [0.29, 0.717) is 17.0 Å². The van der Waals surface area contributed by atoms with Crippen molar-refractivity contribution < 1.29 is 14.3 Å². The quantitative estimate of drug-likeness (QED) is 0.817. The van der Waals surface area contributed by atoms with Gasteiger partial charge in [0, 0.05) is 24.0 Å². The summed E-state index contributed by atoms with van der Waals surface area (Å²) in [5, 5.41) is 0. The highest BCUT2D eigenvalue weighted by Crippen LogP contribution is 2.31. The van der Waals surface area contributed by atoms with Crippen molar-refractivity contribution in [2.45, 2.75) is 13.8 Å². The second-order valence-electron chi connectivity index (χ2n) is 5.50. The van der Waals surface area contributed by atoms with E-state index in [1.165, 1.54) is 4.90 Å². The van der Waals surface area contributed by atoms with Crippen molar-refractivity contribution >= 4 is 17.4 Å². The smallest absolute Gasteiger partial charge is 0.265 e. The van der Waals surface area contributed by atoms with Gasteiger partial charge in [0.25, 0.3) is 5.91 Å². The Morgan fingerprint density at radius 1 is 1.27 bits per heavy atom. The summed E-state index contributed by atoms with van der Waals surface area (Å²) < 4.78 is 7.37. The summed E-state index contributed by atoms with van der Waals surface area (Å²) in [4.78, 5) is 26.2. The minimum atomic E-state index is -0.197. The molecule has 0 unspecified atom stereocenters. The van der Waals surface area contributed by atoms with Crippen LogP contribution in [-0.2, 0) is 11.8 Å². The monoisotopic (exact) mass is 298 g/mol. The lowest BCUT2D eigenvalue weighted by atomic mass is 10.1. The van der Waals surface area contributed by atoms with Crippen molar-refractivity contribution in [3.8, 4) is 5.75 Å². The van der Waals surface area contributed by atoms with E-state index in [9.17, 15) is 9.59 Å². The van der Waals surface area contributed by atoms with Crippen LogP contribution in [0.3, 0.4) is 0 Å². The third-order valence-corrected chi connectivity index (χ3v) is 4.19. The fourth-order valence-corrected chi connectivity index (χ4v) is 2.69. The number of Topliss-reactive ketones (excluding diaryl/α,β-unsaturated/α-hetero) is 1. The number of hydrogen-bond donors (Lipinski definition) is 0. The Bertz CT molecular complexity index is 761. The number of aromatic nitrogens is 1. The summed E-state index contributed by atoms with van der Waals surface area (Å²) >= 11 is 0. The molecule has 1 aromatic carbocycles. The number of aryl methyl sites for hydroxylation is 1. The number of para-hydroxylation sites is 2. The number of fused-ring (bicyclic) bond motifs is 1. The highest BCUT2D eigenvalue weighted by molar-refractivity contribution is 6.07. The number of ketones is 1. The standard InChI is InChI=1S/C17H18N2O3/c1-11-8-13(12(2)18(11)3)15(20)9-19-14-6-4-5-7-16(14)22-10-17(19)21/h4-8H,9-10H2,1-3H3. The van der Waals surface area contributed by atoms with Gasteiger partial charge in [-0.1, -0.05) is 12.1 Å². The molecular weight excluding hydrogens is 280 g/mol. The lowest BCUT2D eigenvalue weighted by Gasteiger charge is -2.28. The molecule has 1 amide bonds. The molecule has 0 spiro atoms. The first-order valence-electron chi connectivity index (χ1n) is 7.17. The van der Waals surface area contributed by atoms with E-state index < -0.39 is 0 Å². The van der Waals surface area contributed by atoms with Crippen LogP contribution in [0.1, 0.15) is 21.7 Å². The van der Waals surface area contributed by atoms with Crippen molar-refractivity contribution in [1.82, 2.24) is 4.57 Å². The maximum absolute atomic E-state index is 12.6. The molecule has 2 heterocycles. The highest BCUT2D eigenvalue weighted by Gasteiger charge is 2.28. The number of anilines is 1. The molecule has 22 heavy (non-hydrogen) atoms. The van der Waals surface area contributed by atoms with Crippen LogP contribution < -0.4 is 9.64 Å². The van der Waals surface area contributed by atoms with Crippen molar-refractivity contribution in [1.29, 1.82) is 0 Å². The molecule has 1 aliphatic rings. The average Bonchev–Trinajstić information content (AvgIpc) is 2.78. The summed E-state index contributed by atoms with van der Waals surface area (Å²) in [6, 6.07) is 9.14. The van der Waals surface area contributed by atoms with Crippen molar-refractivity contribution in [3.63, 3.8) is 0 Å². The number of amides is 1. The van der Waals surface area contributed by atoms with Gasteiger partial charge in [0.15, 0.2) is 12.4 Å². The number of carbonyl (C=O) groups is 2. The van der Waals surface area contributed by atoms with Gasteiger partial charge in [-0.05, 0) is 32.0 Å². The van der Waals surface area contributed by atoms with Crippen LogP contribution in [-0.4, -0.2) is 29.4 Å². The van der Waals surface area contributed by atoms with E-state index in [-0.39, 0.29) is 24.8 Å². The summed E-state index contributed by atoms with van der Waals surface area (Å²) in [5.41, 5.74) is 3.25. The zero-order valence-corrected chi connectivity index (χ0v) is 12.9. The predicted molar refractivity (Wildman–Crippen MR) is 83.5 cm³/mol. The van der Waals surface area contributed by atoms with E-state index >= 15 is 0 Å². The maximum Gasteiger partial charge on any atom is 0.265 e. The third kappa shape index (κ3) is 2.28. The number of benzene rings is 1. The molecule has 2 aromatic rings. The van der Waals surface area contributed by atoms with E-state index in [1.807, 2.05) is 43.7 Å². The molecule has 0 saturated heterocycles. The van der Waals surface area contributed by atoms with Gasteiger partial charge in [-0.3, -0.25) is 14.5 Å². The van der Waals surface area contributed by atoms with Gasteiger partial charge in [-0.2, -0.15) is 0 Å². The normalized spacial score (nSPS) is 13.8. The molecule has 0 radical (unpaired) electrons. The number of nitrogens with zero attached hydrogens (tertiary/aromatic N) is 2. The van der Waals surface area contributed by atoms with E-state index in [4.69, 9.17) is 4.74 Å². The van der Waals surface area contributed by atoms with E-state index in [0.717, 1.165) is 11.4 Å². The summed E-state index contributed by atoms with van der Waals surface area (Å²) in [6.45, 7) is 3.87. The Morgan fingerprint density at radius 2 is 2.00 bits per heavy atom. The number of rotatable bonds is 3. The summed E-state index contributed by atoms with van der Waals surface area (Å²) in [7, 11) is 1.93. The lowest BCUT2D eigenvalue weighted by Crippen LogP contribution is -2.42. The van der Waals surface area contributed by atoms with Crippen LogP contribution in [0.15, 0.2) is 30.3 Å². The summed E-state index contributed by atoms with van der Waals surface area (Å²) in [6.07, 6.45) is 0. The first-order valence-corrected chi connectivity index (χ1v) is 7.17. The fourth-order valence-electron chi connectivity index (χ4n) is 2.69. The van der Waals surface area contributed by atoms with Gasteiger partial charge in [0.1, 0.15) is 5.75 Å². The van der Waals surface area contributed by atoms with Gasteiger partial charge in [0.2, 0.25) is 0 Å². The zero-order chi connectivity index (χ0) is 15.9. The van der Waals surface area contributed by atoms with Gasteiger partial charge in [-0.25, -0.2) is 0 Å². The lowest BCUT2D eigenvalue weighted by molar-refractivity contribution is -0.121. The Labute approximate surface area is 129 Å². The molecule has 1 aromatic heterocycles. The summed E-state index contributed by atoms with van der Waals surface area (Å²) in [5.74, 6) is 0.375. The molecule has 3 rings (SSSR count). The molecule has 0 atom stereocenters. The Morgan fingerprint density at radius 3 is 2.68 bits per heavy atom. The Kier molecular flexibility index (Phi) is 3.48. The zero-order valence-electron chi connectivity index (χ0n) is 12.9. The average molecular weight is 298 g/mol. The number of carbonyl (C=O) groups excluding carboxylic acids is 2. The topological polar surface area (TPSA) is 51.5 Å². The molecule has 0 bridgehead atoms. The SMILES string of the molecule is Cc1cc(C(=O)CN2C(=O)COc3ccccc32)c(C)n1C. The molecule has 0 fully saturated rings. The third-order valence-electron chi connectivity index (χ3n) is 4.19. The molecule has 1 aliphatic heterocycles. The Balaban J connectivity index is 1.91. The minimum absolute atomic E-state index is 0.0307. The maximum atomic E-state index is 12.6. The van der Waals surface area contributed by atoms with Gasteiger partial charge < -0.3 is 9.30 Å². The first kappa shape index (κ1) is 14.4. The van der Waals surface area contributed by atoms with Crippen molar-refractivity contribution in [2.24, 2.45) is 7.05 Å². The largest absolute Gasteiger partial charge is 0.482 e. The second-order valence-corrected chi connectivity index (χ2v) is 5.50. The first-order chi connectivity index (χ1) is 10.5. The molecular formula is C17H18N2O3. The molecule has 0 aliphatic carbocycles. The van der Waals surface area contributed by atoms with E-state index in [1.54, 1.807) is 12.1 Å². The van der Waals surface area contributed by atoms with Gasteiger partial charge in [0.05, 0.1) is 12.2 Å². The van der Waals surface area contributed by atoms with E-state index in [2.05, 4.69) is 0 Å². The Hall–Kier alpha value is -2.56. The van der Waals surface area contributed by atoms with Crippen molar-refractivity contribution in [2.75, 3.05) is 18.1 Å². The van der Waals surface area contributed by atoms with Crippen LogP contribution in [0.5, 0.6) is 5.75 Å². The number of ether oxygens (including phenoxy) is 1. The second kappa shape index (κ2) is 5.33. The van der Waals surface area contributed by atoms with Crippen LogP contribution in [0.25, 0.3) is 0 Å². The fraction of sp³-hybridized carbons (Fsp3) is 0.294. The highest BCUT2D eigenvalue weighted by atomic mass is 16.5. The molecule has 114 valence electrons. The molecule has 0 N–H and O–H groups in total. The molecule has 5 nitrogen and oxygen atoms in total. The van der Waals surface area contributed by atoms with Crippen LogP contribution in [0, 0.1) is 13.8 Å². The number of hydrogen-bond acceptors (Lipinski definition) is 3.